The van der Waals surface area contributed by atoms with E-state index in [0.717, 1.165) is 27.8 Å². The lowest BCUT2D eigenvalue weighted by Gasteiger charge is -2.04. The lowest BCUT2D eigenvalue weighted by molar-refractivity contribution is 0.415. The fourth-order valence-electron chi connectivity index (χ4n) is 3.30. The van der Waals surface area contributed by atoms with Crippen LogP contribution in [-0.2, 0) is 0 Å². The molecule has 4 aromatic heterocycles. The summed E-state index contributed by atoms with van der Waals surface area (Å²) < 4.78 is 7.19. The summed E-state index contributed by atoms with van der Waals surface area (Å²) in [5, 5.41) is 2.11. The SMILES string of the molecule is COc1ccc2cn(-c3nccc(-c4nccc(/C=C/c5ccnc(N)c5)n4)n3)cc2c1. The van der Waals surface area contributed by atoms with Crippen LogP contribution in [0, 0.1) is 0 Å². The number of anilines is 1. The van der Waals surface area contributed by atoms with Crippen LogP contribution in [-0.4, -0.2) is 36.6 Å². The molecule has 4 heterocycles. The Morgan fingerprint density at radius 2 is 1.69 bits per heavy atom. The Balaban J connectivity index is 1.45. The molecule has 0 aliphatic heterocycles. The van der Waals surface area contributed by atoms with Crippen LogP contribution >= 0.6 is 0 Å². The highest BCUT2D eigenvalue weighted by atomic mass is 16.5. The zero-order valence-electron chi connectivity index (χ0n) is 17.3. The Kier molecular flexibility index (Phi) is 5.01. The molecule has 0 radical (unpaired) electrons. The quantitative estimate of drug-likeness (QED) is 0.457. The summed E-state index contributed by atoms with van der Waals surface area (Å²) in [5.41, 5.74) is 8.07. The fourth-order valence-corrected chi connectivity index (χ4v) is 3.30. The van der Waals surface area contributed by atoms with E-state index in [1.54, 1.807) is 37.8 Å². The van der Waals surface area contributed by atoms with Gasteiger partial charge in [0.05, 0.1) is 12.8 Å². The number of nitrogens with zero attached hydrogens (tertiary/aromatic N) is 6. The lowest BCUT2D eigenvalue weighted by Crippen LogP contribution is -2.01. The predicted octanol–water partition coefficient (Wildman–Crippen LogP) is 4.03. The summed E-state index contributed by atoms with van der Waals surface area (Å²) in [6.45, 7) is 0. The van der Waals surface area contributed by atoms with Crippen molar-refractivity contribution in [3.8, 4) is 23.2 Å². The molecule has 0 amide bonds. The first-order valence-corrected chi connectivity index (χ1v) is 9.90. The molecule has 0 fully saturated rings. The Bertz CT molecular complexity index is 1440. The van der Waals surface area contributed by atoms with Crippen molar-refractivity contribution in [2.45, 2.75) is 0 Å². The van der Waals surface area contributed by atoms with Crippen molar-refractivity contribution >= 4 is 28.7 Å². The maximum atomic E-state index is 5.74. The highest BCUT2D eigenvalue weighted by molar-refractivity contribution is 5.84. The van der Waals surface area contributed by atoms with Crippen LogP contribution in [0.1, 0.15) is 11.3 Å². The molecule has 0 saturated carbocycles. The molecule has 0 aliphatic rings. The summed E-state index contributed by atoms with van der Waals surface area (Å²) in [5.74, 6) is 2.33. The van der Waals surface area contributed by atoms with Crippen molar-refractivity contribution in [3.05, 3.63) is 84.7 Å². The average molecular weight is 421 g/mol. The first kappa shape index (κ1) is 19.4. The number of benzene rings is 1. The molecule has 0 spiro atoms. The topological polar surface area (TPSA) is 105 Å². The molecule has 0 aliphatic carbocycles. The van der Waals surface area contributed by atoms with Crippen LogP contribution in [0.2, 0.25) is 0 Å². The molecular weight excluding hydrogens is 402 g/mol. The second-order valence-corrected chi connectivity index (χ2v) is 7.05. The molecule has 156 valence electrons. The lowest BCUT2D eigenvalue weighted by atomic mass is 10.2. The summed E-state index contributed by atoms with van der Waals surface area (Å²) >= 11 is 0. The van der Waals surface area contributed by atoms with Gasteiger partial charge in [-0.25, -0.2) is 24.9 Å². The molecule has 5 rings (SSSR count). The monoisotopic (exact) mass is 421 g/mol. The van der Waals surface area contributed by atoms with Crippen molar-refractivity contribution in [1.82, 2.24) is 29.5 Å². The van der Waals surface area contributed by atoms with Gasteiger partial charge in [-0.1, -0.05) is 6.08 Å². The van der Waals surface area contributed by atoms with Gasteiger partial charge in [0.2, 0.25) is 5.95 Å². The molecule has 8 heteroatoms. The van der Waals surface area contributed by atoms with Gasteiger partial charge in [-0.15, -0.1) is 0 Å². The Morgan fingerprint density at radius 3 is 2.56 bits per heavy atom. The van der Waals surface area contributed by atoms with E-state index in [1.165, 1.54) is 0 Å². The minimum Gasteiger partial charge on any atom is -0.497 e. The largest absolute Gasteiger partial charge is 0.497 e. The number of hydrogen-bond donors (Lipinski definition) is 1. The van der Waals surface area contributed by atoms with Gasteiger partial charge in [-0.3, -0.25) is 4.57 Å². The second-order valence-electron chi connectivity index (χ2n) is 7.05. The third kappa shape index (κ3) is 4.01. The third-order valence-electron chi connectivity index (χ3n) is 4.88. The van der Waals surface area contributed by atoms with E-state index in [4.69, 9.17) is 10.5 Å². The number of nitrogens with two attached hydrogens (primary N) is 1. The summed E-state index contributed by atoms with van der Waals surface area (Å²) in [4.78, 5) is 22.1. The van der Waals surface area contributed by atoms with Gasteiger partial charge >= 0.3 is 0 Å². The number of fused-ring (bicyclic) bond motifs is 1. The van der Waals surface area contributed by atoms with Gasteiger partial charge in [0.1, 0.15) is 17.3 Å². The van der Waals surface area contributed by atoms with Crippen LogP contribution in [0.15, 0.2) is 73.4 Å². The maximum absolute atomic E-state index is 5.74. The van der Waals surface area contributed by atoms with Gasteiger partial charge < -0.3 is 10.5 Å². The summed E-state index contributed by atoms with van der Waals surface area (Å²) in [6, 6.07) is 13.2. The van der Waals surface area contributed by atoms with Gasteiger partial charge in [0, 0.05) is 41.8 Å². The minimum atomic E-state index is 0.472. The number of pyridine rings is 1. The van der Waals surface area contributed by atoms with Crippen molar-refractivity contribution in [3.63, 3.8) is 0 Å². The van der Waals surface area contributed by atoms with Gasteiger partial charge in [-0.05, 0) is 54.1 Å². The van der Waals surface area contributed by atoms with Crippen LogP contribution in [0.4, 0.5) is 5.82 Å². The minimum absolute atomic E-state index is 0.472. The number of nitrogen functional groups attached to an aromatic ring is 1. The molecule has 32 heavy (non-hydrogen) atoms. The Hall–Kier alpha value is -4.59. The molecule has 5 aromatic rings. The molecule has 8 nitrogen and oxygen atoms in total. The number of rotatable bonds is 5. The summed E-state index contributed by atoms with van der Waals surface area (Å²) in [7, 11) is 1.65. The molecule has 0 saturated heterocycles. The van der Waals surface area contributed by atoms with Gasteiger partial charge in [0.15, 0.2) is 5.82 Å². The highest BCUT2D eigenvalue weighted by Crippen LogP contribution is 2.23. The number of methoxy groups -OCH3 is 1. The van der Waals surface area contributed by atoms with Gasteiger partial charge in [-0.2, -0.15) is 0 Å². The zero-order chi connectivity index (χ0) is 21.9. The number of aromatic nitrogens is 6. The van der Waals surface area contributed by atoms with E-state index in [1.807, 2.05) is 59.4 Å². The van der Waals surface area contributed by atoms with E-state index < -0.39 is 0 Å². The first-order chi connectivity index (χ1) is 15.7. The standard InChI is InChI=1S/C24H19N7O/c1-32-20-5-3-17-14-31(15-18(17)13-20)24-28-11-8-21(30-24)23-27-10-7-19(29-23)4-2-16-6-9-26-22(25)12-16/h2-15H,1H3,(H2,25,26)/b4-2+. The zero-order valence-corrected chi connectivity index (χ0v) is 17.3. The van der Waals surface area contributed by atoms with Crippen LogP contribution in [0.25, 0.3) is 40.4 Å². The Labute approximate surface area is 184 Å². The van der Waals surface area contributed by atoms with E-state index in [9.17, 15) is 0 Å². The van der Waals surface area contributed by atoms with Crippen LogP contribution in [0.5, 0.6) is 5.75 Å². The molecule has 1 aromatic carbocycles. The maximum Gasteiger partial charge on any atom is 0.234 e. The van der Waals surface area contributed by atoms with Crippen LogP contribution in [0.3, 0.4) is 0 Å². The van der Waals surface area contributed by atoms with E-state index in [-0.39, 0.29) is 0 Å². The third-order valence-corrected chi connectivity index (χ3v) is 4.88. The van der Waals surface area contributed by atoms with E-state index >= 15 is 0 Å². The van der Waals surface area contributed by atoms with Crippen molar-refractivity contribution in [2.75, 3.05) is 12.8 Å². The normalized spacial score (nSPS) is 11.3. The van der Waals surface area contributed by atoms with E-state index in [2.05, 4.69) is 24.9 Å². The average Bonchev–Trinajstić information content (AvgIpc) is 3.26. The molecular formula is C24H19N7O. The van der Waals surface area contributed by atoms with Gasteiger partial charge in [0.25, 0.3) is 0 Å². The molecule has 0 unspecified atom stereocenters. The highest BCUT2D eigenvalue weighted by Gasteiger charge is 2.09. The Morgan fingerprint density at radius 1 is 0.844 bits per heavy atom. The van der Waals surface area contributed by atoms with Crippen molar-refractivity contribution in [1.29, 1.82) is 0 Å². The smallest absolute Gasteiger partial charge is 0.234 e. The molecule has 0 bridgehead atoms. The van der Waals surface area contributed by atoms with E-state index in [0.29, 0.717) is 23.3 Å². The number of hydrogen-bond acceptors (Lipinski definition) is 7. The van der Waals surface area contributed by atoms with Crippen molar-refractivity contribution < 1.29 is 4.74 Å². The first-order valence-electron chi connectivity index (χ1n) is 9.90. The second kappa shape index (κ2) is 8.27. The van der Waals surface area contributed by atoms with Crippen molar-refractivity contribution in [2.24, 2.45) is 0 Å². The molecule has 2 N–H and O–H groups in total. The van der Waals surface area contributed by atoms with Crippen LogP contribution < -0.4 is 10.5 Å². The predicted molar refractivity (Wildman–Crippen MR) is 124 cm³/mol. The molecule has 0 atom stereocenters. The fraction of sp³-hybridized carbons (Fsp3) is 0.0417. The summed E-state index contributed by atoms with van der Waals surface area (Å²) in [6.07, 6.45) is 12.9. The number of ether oxygens (including phenoxy) is 1.